The van der Waals surface area contributed by atoms with Gasteiger partial charge >= 0.3 is 0 Å². The highest BCUT2D eigenvalue weighted by atomic mass is 16.2. The lowest BCUT2D eigenvalue weighted by molar-refractivity contribution is -0.121. The molecule has 0 radical (unpaired) electrons. The van der Waals surface area contributed by atoms with Gasteiger partial charge < -0.3 is 10.2 Å². The van der Waals surface area contributed by atoms with Crippen molar-refractivity contribution in [3.63, 3.8) is 0 Å². The number of nitrogens with one attached hydrogen (secondary N) is 1. The molecule has 3 rings (SSSR count). The zero-order valence-corrected chi connectivity index (χ0v) is 15.1. The van der Waals surface area contributed by atoms with Crippen LogP contribution in [0.2, 0.25) is 0 Å². The van der Waals surface area contributed by atoms with Gasteiger partial charge in [0.2, 0.25) is 5.91 Å². The molecule has 0 aromatic heterocycles. The molecule has 2 aliphatic heterocycles. The van der Waals surface area contributed by atoms with Crippen molar-refractivity contribution in [1.82, 2.24) is 4.90 Å². The van der Waals surface area contributed by atoms with E-state index in [0.717, 1.165) is 31.9 Å². The first-order chi connectivity index (χ1) is 11.6. The quantitative estimate of drug-likeness (QED) is 0.914. The van der Waals surface area contributed by atoms with Crippen molar-refractivity contribution in [1.29, 1.82) is 0 Å². The van der Waals surface area contributed by atoms with E-state index in [1.807, 2.05) is 19.1 Å². The number of hydrogen-bond donors (Lipinski definition) is 1. The van der Waals surface area contributed by atoms with E-state index in [1.165, 1.54) is 37.8 Å². The third-order valence-corrected chi connectivity index (χ3v) is 5.47. The van der Waals surface area contributed by atoms with Gasteiger partial charge in [0, 0.05) is 31.0 Å². The van der Waals surface area contributed by atoms with E-state index >= 15 is 0 Å². The Labute approximate surface area is 146 Å². The Morgan fingerprint density at radius 3 is 2.46 bits per heavy atom. The van der Waals surface area contributed by atoms with Gasteiger partial charge in [0.25, 0.3) is 0 Å². The zero-order chi connectivity index (χ0) is 16.9. The first kappa shape index (κ1) is 17.3. The minimum absolute atomic E-state index is 0.0606. The topological polar surface area (TPSA) is 35.6 Å². The molecule has 2 aliphatic rings. The smallest absolute Gasteiger partial charge is 0.241 e. The maximum atomic E-state index is 12.5. The number of likely N-dealkylation sites (tertiary alicyclic amines) is 1. The second-order valence-corrected chi connectivity index (χ2v) is 7.50. The van der Waals surface area contributed by atoms with Crippen LogP contribution in [0.5, 0.6) is 0 Å². The van der Waals surface area contributed by atoms with Gasteiger partial charge in [-0.15, -0.1) is 0 Å². The van der Waals surface area contributed by atoms with Gasteiger partial charge in [-0.25, -0.2) is 0 Å². The van der Waals surface area contributed by atoms with Gasteiger partial charge in [-0.3, -0.25) is 9.69 Å². The summed E-state index contributed by atoms with van der Waals surface area (Å²) in [5.74, 6) is 0.799. The van der Waals surface area contributed by atoms with Crippen LogP contribution in [-0.2, 0) is 4.79 Å². The van der Waals surface area contributed by atoms with Crippen molar-refractivity contribution in [2.45, 2.75) is 52.0 Å². The first-order valence-corrected chi connectivity index (χ1v) is 9.53. The molecule has 2 fully saturated rings. The SMILES string of the molecule is CC1CCCN(C(C)C(=O)Nc2ccc(N3CCCCC3)cc2)C1. The number of amides is 1. The molecule has 2 unspecified atom stereocenters. The van der Waals surface area contributed by atoms with Gasteiger partial charge in [0.15, 0.2) is 0 Å². The van der Waals surface area contributed by atoms with Gasteiger partial charge in [0.05, 0.1) is 6.04 Å². The van der Waals surface area contributed by atoms with Gasteiger partial charge in [-0.2, -0.15) is 0 Å². The summed E-state index contributed by atoms with van der Waals surface area (Å²) in [6.07, 6.45) is 6.39. The van der Waals surface area contributed by atoms with E-state index in [4.69, 9.17) is 0 Å². The lowest BCUT2D eigenvalue weighted by atomic mass is 9.99. The molecule has 1 amide bonds. The minimum atomic E-state index is -0.0606. The van der Waals surface area contributed by atoms with Crippen LogP contribution in [0.25, 0.3) is 0 Å². The number of piperidine rings is 2. The summed E-state index contributed by atoms with van der Waals surface area (Å²) < 4.78 is 0. The number of anilines is 2. The van der Waals surface area contributed by atoms with Crippen LogP contribution in [-0.4, -0.2) is 43.0 Å². The molecular weight excluding hydrogens is 298 g/mol. The van der Waals surface area contributed by atoms with Crippen molar-refractivity contribution in [2.24, 2.45) is 5.92 Å². The van der Waals surface area contributed by atoms with Crippen molar-refractivity contribution in [3.8, 4) is 0 Å². The molecule has 1 N–H and O–H groups in total. The highest BCUT2D eigenvalue weighted by Gasteiger charge is 2.25. The summed E-state index contributed by atoms with van der Waals surface area (Å²) in [6.45, 7) is 8.66. The number of hydrogen-bond acceptors (Lipinski definition) is 3. The molecule has 1 aromatic rings. The van der Waals surface area contributed by atoms with Gasteiger partial charge in [-0.1, -0.05) is 6.92 Å². The van der Waals surface area contributed by atoms with Crippen LogP contribution in [0.3, 0.4) is 0 Å². The Balaban J connectivity index is 1.55. The van der Waals surface area contributed by atoms with Crippen molar-refractivity contribution in [3.05, 3.63) is 24.3 Å². The Bertz CT molecular complexity index is 536. The highest BCUT2D eigenvalue weighted by Crippen LogP contribution is 2.22. The molecule has 2 atom stereocenters. The maximum Gasteiger partial charge on any atom is 0.241 e. The van der Waals surface area contributed by atoms with Gasteiger partial charge in [-0.05, 0) is 75.8 Å². The molecule has 0 spiro atoms. The fourth-order valence-electron chi connectivity index (χ4n) is 3.90. The molecule has 24 heavy (non-hydrogen) atoms. The van der Waals surface area contributed by atoms with E-state index in [-0.39, 0.29) is 11.9 Å². The summed E-state index contributed by atoms with van der Waals surface area (Å²) in [5.41, 5.74) is 2.17. The molecule has 132 valence electrons. The third-order valence-electron chi connectivity index (χ3n) is 5.47. The number of carbonyl (C=O) groups excluding carboxylic acids is 1. The Morgan fingerprint density at radius 1 is 1.08 bits per heavy atom. The van der Waals surface area contributed by atoms with Crippen LogP contribution < -0.4 is 10.2 Å². The number of benzene rings is 1. The predicted molar refractivity (Wildman–Crippen MR) is 101 cm³/mol. The standard InChI is InChI=1S/C20H31N3O/c1-16-7-6-14-23(15-16)17(2)20(24)21-18-8-10-19(11-9-18)22-12-4-3-5-13-22/h8-11,16-17H,3-7,12-15H2,1-2H3,(H,21,24). The highest BCUT2D eigenvalue weighted by molar-refractivity contribution is 5.94. The molecule has 2 heterocycles. The van der Waals surface area contributed by atoms with E-state index in [0.29, 0.717) is 5.92 Å². The van der Waals surface area contributed by atoms with Crippen molar-refractivity contribution < 1.29 is 4.79 Å². The fourth-order valence-corrected chi connectivity index (χ4v) is 3.90. The normalized spacial score (nSPS) is 23.8. The van der Waals surface area contributed by atoms with Crippen molar-refractivity contribution in [2.75, 3.05) is 36.4 Å². The van der Waals surface area contributed by atoms with Crippen LogP contribution in [0.1, 0.15) is 46.0 Å². The largest absolute Gasteiger partial charge is 0.372 e. The molecular formula is C20H31N3O. The van der Waals surface area contributed by atoms with Crippen LogP contribution in [0.15, 0.2) is 24.3 Å². The summed E-state index contributed by atoms with van der Waals surface area (Å²) in [7, 11) is 0. The first-order valence-electron chi connectivity index (χ1n) is 9.53. The minimum Gasteiger partial charge on any atom is -0.372 e. The fraction of sp³-hybridized carbons (Fsp3) is 0.650. The summed E-state index contributed by atoms with van der Waals surface area (Å²) in [5, 5.41) is 3.08. The Kier molecular flexibility index (Phi) is 5.77. The number of rotatable bonds is 4. The second-order valence-electron chi connectivity index (χ2n) is 7.50. The molecule has 0 aliphatic carbocycles. The zero-order valence-electron chi connectivity index (χ0n) is 15.1. The second kappa shape index (κ2) is 8.02. The van der Waals surface area contributed by atoms with Crippen LogP contribution in [0, 0.1) is 5.92 Å². The van der Waals surface area contributed by atoms with Crippen LogP contribution in [0.4, 0.5) is 11.4 Å². The average Bonchev–Trinajstić information content (AvgIpc) is 2.62. The lowest BCUT2D eigenvalue weighted by Crippen LogP contribution is -2.46. The van der Waals surface area contributed by atoms with Crippen molar-refractivity contribution >= 4 is 17.3 Å². The molecule has 1 aromatic carbocycles. The van der Waals surface area contributed by atoms with E-state index in [9.17, 15) is 4.79 Å². The maximum absolute atomic E-state index is 12.5. The monoisotopic (exact) mass is 329 g/mol. The summed E-state index contributed by atoms with van der Waals surface area (Å²) in [4.78, 5) is 17.3. The predicted octanol–water partition coefficient (Wildman–Crippen LogP) is 3.74. The molecule has 4 nitrogen and oxygen atoms in total. The molecule has 4 heteroatoms. The van der Waals surface area contributed by atoms with Gasteiger partial charge in [0.1, 0.15) is 0 Å². The molecule has 2 saturated heterocycles. The Hall–Kier alpha value is -1.55. The number of carbonyl (C=O) groups is 1. The van der Waals surface area contributed by atoms with Crippen LogP contribution >= 0.6 is 0 Å². The lowest BCUT2D eigenvalue weighted by Gasteiger charge is -2.34. The summed E-state index contributed by atoms with van der Waals surface area (Å²) in [6, 6.07) is 8.28. The van der Waals surface area contributed by atoms with E-state index in [2.05, 4.69) is 34.2 Å². The molecule has 0 saturated carbocycles. The summed E-state index contributed by atoms with van der Waals surface area (Å²) >= 11 is 0. The van der Waals surface area contributed by atoms with E-state index in [1.54, 1.807) is 0 Å². The Morgan fingerprint density at radius 2 is 1.79 bits per heavy atom. The average molecular weight is 329 g/mol. The third kappa shape index (κ3) is 4.29. The molecule has 0 bridgehead atoms. The van der Waals surface area contributed by atoms with E-state index < -0.39 is 0 Å². The number of nitrogens with zero attached hydrogens (tertiary/aromatic N) is 2.